The molecule has 1 aliphatic rings. The zero-order valence-corrected chi connectivity index (χ0v) is 9.69. The minimum absolute atomic E-state index is 0.0472. The van der Waals surface area contributed by atoms with Crippen LogP contribution in [0, 0.1) is 6.92 Å². The molecule has 0 N–H and O–H groups in total. The molecule has 0 spiro atoms. The smallest absolute Gasteiger partial charge is 0.198 e. The second-order valence-electron chi connectivity index (χ2n) is 4.09. The average Bonchev–Trinajstić information content (AvgIpc) is 2.33. The van der Waals surface area contributed by atoms with E-state index in [0.717, 1.165) is 19.4 Å². The summed E-state index contributed by atoms with van der Waals surface area (Å²) < 4.78 is 11.0. The fourth-order valence-corrected chi connectivity index (χ4v) is 1.79. The molecule has 1 aromatic carbocycles. The Morgan fingerprint density at radius 1 is 1.31 bits per heavy atom. The van der Waals surface area contributed by atoms with Crippen LogP contribution >= 0.6 is 0 Å². The van der Waals surface area contributed by atoms with Crippen LogP contribution in [0.2, 0.25) is 0 Å². The first-order valence-electron chi connectivity index (χ1n) is 5.85. The fraction of sp³-hybridized carbons (Fsp3) is 0.429. The van der Waals surface area contributed by atoms with Crippen molar-refractivity contribution in [2.45, 2.75) is 32.5 Å². The monoisotopic (exact) mass is 218 g/mol. The van der Waals surface area contributed by atoms with Gasteiger partial charge in [0.2, 0.25) is 0 Å². The number of hydrogen-bond acceptors (Lipinski definition) is 2. The fourth-order valence-electron chi connectivity index (χ4n) is 1.79. The molecule has 2 rings (SSSR count). The first-order valence-corrected chi connectivity index (χ1v) is 5.85. The maximum atomic E-state index is 5.54. The van der Waals surface area contributed by atoms with Crippen LogP contribution in [-0.4, -0.2) is 12.9 Å². The van der Waals surface area contributed by atoms with E-state index in [-0.39, 0.29) is 6.29 Å². The molecule has 0 aliphatic carbocycles. The predicted molar refractivity (Wildman–Crippen MR) is 64.9 cm³/mol. The Morgan fingerprint density at radius 3 is 2.94 bits per heavy atom. The van der Waals surface area contributed by atoms with Crippen LogP contribution in [0.15, 0.2) is 30.5 Å². The van der Waals surface area contributed by atoms with Gasteiger partial charge in [-0.2, -0.15) is 0 Å². The van der Waals surface area contributed by atoms with Crippen molar-refractivity contribution in [3.05, 3.63) is 41.7 Å². The molecule has 0 saturated carbocycles. The Hall–Kier alpha value is -1.28. The number of hydrogen-bond donors (Lipinski definition) is 0. The van der Waals surface area contributed by atoms with E-state index in [9.17, 15) is 0 Å². The highest BCUT2D eigenvalue weighted by atomic mass is 16.7. The lowest BCUT2D eigenvalue weighted by Crippen LogP contribution is -2.19. The number of benzene rings is 1. The molecule has 2 nitrogen and oxygen atoms in total. The van der Waals surface area contributed by atoms with E-state index >= 15 is 0 Å². The Labute approximate surface area is 96.9 Å². The number of ether oxygens (including phenoxy) is 2. The van der Waals surface area contributed by atoms with Gasteiger partial charge in [0.15, 0.2) is 6.29 Å². The zero-order chi connectivity index (χ0) is 11.2. The quantitative estimate of drug-likeness (QED) is 0.723. The highest BCUT2D eigenvalue weighted by Crippen LogP contribution is 2.15. The summed E-state index contributed by atoms with van der Waals surface area (Å²) in [7, 11) is 0. The third kappa shape index (κ3) is 3.11. The van der Waals surface area contributed by atoms with Crippen molar-refractivity contribution in [2.24, 2.45) is 0 Å². The van der Waals surface area contributed by atoms with Crippen LogP contribution in [0.25, 0.3) is 6.08 Å². The first kappa shape index (κ1) is 11.2. The van der Waals surface area contributed by atoms with Crippen molar-refractivity contribution in [3.8, 4) is 0 Å². The Balaban J connectivity index is 1.87. The molecule has 1 heterocycles. The molecule has 0 aromatic heterocycles. The summed E-state index contributed by atoms with van der Waals surface area (Å²) in [5.74, 6) is 0. The van der Waals surface area contributed by atoms with Crippen molar-refractivity contribution in [1.29, 1.82) is 0 Å². The van der Waals surface area contributed by atoms with E-state index in [1.54, 1.807) is 6.26 Å². The predicted octanol–water partition coefficient (Wildman–Crippen LogP) is 3.51. The maximum absolute atomic E-state index is 5.54. The molecule has 1 unspecified atom stereocenters. The van der Waals surface area contributed by atoms with Gasteiger partial charge in [-0.3, -0.25) is 0 Å². The van der Waals surface area contributed by atoms with Crippen molar-refractivity contribution < 1.29 is 9.47 Å². The lowest BCUT2D eigenvalue weighted by atomic mass is 10.1. The zero-order valence-electron chi connectivity index (χ0n) is 9.69. The van der Waals surface area contributed by atoms with E-state index in [2.05, 4.69) is 19.1 Å². The highest BCUT2D eigenvalue weighted by Gasteiger charge is 2.12. The summed E-state index contributed by atoms with van der Waals surface area (Å²) in [6.07, 6.45) is 7.04. The summed E-state index contributed by atoms with van der Waals surface area (Å²) >= 11 is 0. The summed E-state index contributed by atoms with van der Waals surface area (Å²) in [6, 6.07) is 8.25. The molecule has 0 amide bonds. The van der Waals surface area contributed by atoms with Gasteiger partial charge in [0.25, 0.3) is 0 Å². The summed E-state index contributed by atoms with van der Waals surface area (Å²) in [4.78, 5) is 0. The van der Waals surface area contributed by atoms with Gasteiger partial charge in [-0.25, -0.2) is 0 Å². The molecule has 1 aromatic rings. The number of rotatable bonds is 3. The minimum Gasteiger partial charge on any atom is -0.473 e. The van der Waals surface area contributed by atoms with Gasteiger partial charge in [0, 0.05) is 6.42 Å². The van der Waals surface area contributed by atoms with Gasteiger partial charge in [-0.05, 0) is 37.0 Å². The van der Waals surface area contributed by atoms with Crippen molar-refractivity contribution in [3.63, 3.8) is 0 Å². The van der Waals surface area contributed by atoms with Crippen molar-refractivity contribution >= 4 is 6.08 Å². The van der Waals surface area contributed by atoms with Gasteiger partial charge in [-0.1, -0.05) is 24.3 Å². The molecule has 0 bridgehead atoms. The summed E-state index contributed by atoms with van der Waals surface area (Å²) in [5, 5.41) is 0. The Morgan fingerprint density at radius 2 is 2.19 bits per heavy atom. The van der Waals surface area contributed by atoms with Gasteiger partial charge in [-0.15, -0.1) is 0 Å². The van der Waals surface area contributed by atoms with Crippen molar-refractivity contribution in [2.75, 3.05) is 6.61 Å². The third-order valence-electron chi connectivity index (χ3n) is 2.80. The first-order chi connectivity index (χ1) is 7.86. The summed E-state index contributed by atoms with van der Waals surface area (Å²) in [6.45, 7) is 2.92. The molecule has 86 valence electrons. The molecular formula is C14H18O2. The number of aryl methyl sites for hydroxylation is 1. The molecule has 1 aliphatic heterocycles. The normalized spacial score (nSPS) is 21.2. The second-order valence-corrected chi connectivity index (χ2v) is 4.09. The van der Waals surface area contributed by atoms with E-state index in [0.29, 0.717) is 0 Å². The largest absolute Gasteiger partial charge is 0.473 e. The topological polar surface area (TPSA) is 18.5 Å². The van der Waals surface area contributed by atoms with Gasteiger partial charge < -0.3 is 9.47 Å². The van der Waals surface area contributed by atoms with Crippen LogP contribution < -0.4 is 0 Å². The molecule has 1 atom stereocenters. The van der Waals surface area contributed by atoms with Crippen LogP contribution in [0.1, 0.15) is 30.4 Å². The van der Waals surface area contributed by atoms with E-state index in [1.165, 1.54) is 17.5 Å². The van der Waals surface area contributed by atoms with E-state index in [4.69, 9.17) is 9.47 Å². The maximum Gasteiger partial charge on any atom is 0.198 e. The van der Waals surface area contributed by atoms with Crippen LogP contribution in [0.4, 0.5) is 0 Å². The summed E-state index contributed by atoms with van der Waals surface area (Å²) in [5.41, 5.74) is 2.45. The van der Waals surface area contributed by atoms with Crippen molar-refractivity contribution in [1.82, 2.24) is 0 Å². The molecule has 1 fully saturated rings. The second kappa shape index (κ2) is 5.71. The molecular weight excluding hydrogens is 200 g/mol. The third-order valence-corrected chi connectivity index (χ3v) is 2.80. The Bertz CT molecular complexity index is 352. The van der Waals surface area contributed by atoms with Crippen LogP contribution in [0.5, 0.6) is 0 Å². The average molecular weight is 218 g/mol. The molecule has 16 heavy (non-hydrogen) atoms. The van der Waals surface area contributed by atoms with Gasteiger partial charge >= 0.3 is 0 Å². The molecule has 0 radical (unpaired) electrons. The minimum atomic E-state index is -0.0472. The van der Waals surface area contributed by atoms with E-state index in [1.807, 2.05) is 18.2 Å². The standard InChI is InChI=1S/C14H18O2/c1-12-6-2-3-7-13(12)9-11-16-14-8-4-5-10-15-14/h2-3,6-7,9,11,14H,4-5,8,10H2,1H3. The van der Waals surface area contributed by atoms with Gasteiger partial charge in [0.1, 0.15) is 0 Å². The lowest BCUT2D eigenvalue weighted by Gasteiger charge is -2.21. The van der Waals surface area contributed by atoms with E-state index < -0.39 is 0 Å². The van der Waals surface area contributed by atoms with Crippen LogP contribution in [0.3, 0.4) is 0 Å². The Kier molecular flexibility index (Phi) is 4.00. The molecule has 1 saturated heterocycles. The SMILES string of the molecule is Cc1ccccc1C=COC1CCCCO1. The highest BCUT2D eigenvalue weighted by molar-refractivity contribution is 5.52. The van der Waals surface area contributed by atoms with Gasteiger partial charge in [0.05, 0.1) is 12.9 Å². The lowest BCUT2D eigenvalue weighted by molar-refractivity contribution is -0.129. The van der Waals surface area contributed by atoms with Crippen LogP contribution in [-0.2, 0) is 9.47 Å². The molecule has 2 heteroatoms.